The lowest BCUT2D eigenvalue weighted by Crippen LogP contribution is -2.11. The number of thioether (sulfide) groups is 1. The highest BCUT2D eigenvalue weighted by Crippen LogP contribution is 2.25. The van der Waals surface area contributed by atoms with Gasteiger partial charge in [-0.2, -0.15) is 4.98 Å². The molecule has 0 unspecified atom stereocenters. The summed E-state index contributed by atoms with van der Waals surface area (Å²) < 4.78 is 8.42. The predicted molar refractivity (Wildman–Crippen MR) is 93.8 cm³/mol. The molecule has 3 rings (SSSR count). The van der Waals surface area contributed by atoms with Gasteiger partial charge >= 0.3 is 0 Å². The van der Waals surface area contributed by atoms with Crippen molar-refractivity contribution in [2.45, 2.75) is 37.1 Å². The Morgan fingerprint density at radius 3 is 2.61 bits per heavy atom. The monoisotopic (exact) mass is 392 g/mol. The Morgan fingerprint density at radius 2 is 1.96 bits per heavy atom. The molecular weight excluding hydrogens is 376 g/mol. The number of benzene rings is 1. The molecule has 0 aliphatic rings. The van der Waals surface area contributed by atoms with Crippen LogP contribution in [-0.4, -0.2) is 19.7 Å². The molecule has 0 spiro atoms. The zero-order chi connectivity index (χ0) is 16.4. The molecule has 2 heterocycles. The van der Waals surface area contributed by atoms with Crippen LogP contribution in [-0.2, 0) is 11.2 Å². The molecule has 0 N–H and O–H groups in total. The van der Waals surface area contributed by atoms with Crippen molar-refractivity contribution in [3.63, 3.8) is 0 Å². The second-order valence-electron chi connectivity index (χ2n) is 6.11. The van der Waals surface area contributed by atoms with E-state index < -0.39 is 0 Å². The van der Waals surface area contributed by atoms with Crippen molar-refractivity contribution in [3.05, 3.63) is 52.8 Å². The molecule has 0 radical (unpaired) electrons. The van der Waals surface area contributed by atoms with Gasteiger partial charge < -0.3 is 4.52 Å². The van der Waals surface area contributed by atoms with Gasteiger partial charge in [0.15, 0.2) is 11.0 Å². The molecule has 0 saturated carbocycles. The first-order valence-electron chi connectivity index (χ1n) is 7.18. The molecule has 5 nitrogen and oxygen atoms in total. The fraction of sp³-hybridized carbons (Fsp3) is 0.312. The minimum absolute atomic E-state index is 0.133. The van der Waals surface area contributed by atoms with E-state index in [1.165, 1.54) is 0 Å². The third kappa shape index (κ3) is 3.84. The minimum atomic E-state index is -0.133. The Hall–Kier alpha value is -1.60. The van der Waals surface area contributed by atoms with E-state index >= 15 is 0 Å². The van der Waals surface area contributed by atoms with E-state index in [2.05, 4.69) is 51.8 Å². The maximum absolute atomic E-state index is 5.32. The van der Waals surface area contributed by atoms with Gasteiger partial charge in [0.05, 0.1) is 5.75 Å². The predicted octanol–water partition coefficient (Wildman–Crippen LogP) is 4.61. The summed E-state index contributed by atoms with van der Waals surface area (Å²) in [6, 6.07) is 8.11. The topological polar surface area (TPSA) is 56.7 Å². The smallest absolute Gasteiger partial charge is 0.232 e. The van der Waals surface area contributed by atoms with Crippen LogP contribution in [0.1, 0.15) is 32.5 Å². The molecule has 23 heavy (non-hydrogen) atoms. The van der Waals surface area contributed by atoms with Crippen molar-refractivity contribution in [3.8, 4) is 5.69 Å². The molecule has 3 aromatic rings. The van der Waals surface area contributed by atoms with Crippen LogP contribution in [0.25, 0.3) is 5.69 Å². The van der Waals surface area contributed by atoms with Gasteiger partial charge in [-0.25, -0.2) is 4.98 Å². The Bertz CT molecular complexity index is 789. The van der Waals surface area contributed by atoms with E-state index in [0.717, 1.165) is 15.3 Å². The average molecular weight is 393 g/mol. The standard InChI is InChI=1S/C16H17BrN4OS/c1-16(2,3)14-19-13(20-22-14)10-23-15-18-8-9-21(15)12-6-4-11(17)5-7-12/h4-9H,10H2,1-3H3. The number of nitrogens with zero attached hydrogens (tertiary/aromatic N) is 4. The van der Waals surface area contributed by atoms with Crippen LogP contribution < -0.4 is 0 Å². The number of hydrogen-bond acceptors (Lipinski definition) is 5. The molecular formula is C16H17BrN4OS. The number of aromatic nitrogens is 4. The number of hydrogen-bond donors (Lipinski definition) is 0. The Balaban J connectivity index is 1.73. The van der Waals surface area contributed by atoms with Gasteiger partial charge in [0.2, 0.25) is 5.89 Å². The van der Waals surface area contributed by atoms with Gasteiger partial charge in [-0.3, -0.25) is 4.57 Å². The van der Waals surface area contributed by atoms with Crippen LogP contribution in [0.3, 0.4) is 0 Å². The zero-order valence-corrected chi connectivity index (χ0v) is 15.6. The Kier molecular flexibility index (Phi) is 4.59. The SMILES string of the molecule is CC(C)(C)c1nc(CSc2nccn2-c2ccc(Br)cc2)no1. The van der Waals surface area contributed by atoms with Crippen LogP contribution >= 0.6 is 27.7 Å². The van der Waals surface area contributed by atoms with Gasteiger partial charge in [0, 0.05) is 28.0 Å². The molecule has 0 bridgehead atoms. The fourth-order valence-electron chi connectivity index (χ4n) is 1.94. The van der Waals surface area contributed by atoms with Crippen molar-refractivity contribution in [1.29, 1.82) is 0 Å². The van der Waals surface area contributed by atoms with Crippen molar-refractivity contribution in [1.82, 2.24) is 19.7 Å². The zero-order valence-electron chi connectivity index (χ0n) is 13.2. The summed E-state index contributed by atoms with van der Waals surface area (Å²) in [6.07, 6.45) is 3.74. The van der Waals surface area contributed by atoms with Gasteiger partial charge in [-0.05, 0) is 24.3 Å². The second-order valence-corrected chi connectivity index (χ2v) is 7.97. The molecule has 0 fully saturated rings. The lowest BCUT2D eigenvalue weighted by Gasteiger charge is -2.10. The minimum Gasteiger partial charge on any atom is -0.339 e. The molecule has 0 aliphatic carbocycles. The molecule has 0 atom stereocenters. The first-order valence-corrected chi connectivity index (χ1v) is 8.96. The van der Waals surface area contributed by atoms with E-state index in [-0.39, 0.29) is 5.41 Å². The highest BCUT2D eigenvalue weighted by atomic mass is 79.9. The van der Waals surface area contributed by atoms with Crippen LogP contribution in [0.5, 0.6) is 0 Å². The van der Waals surface area contributed by atoms with Crippen LogP contribution in [0, 0.1) is 0 Å². The fourth-order valence-corrected chi connectivity index (χ4v) is 3.02. The van der Waals surface area contributed by atoms with Crippen LogP contribution in [0.15, 0.2) is 50.8 Å². The van der Waals surface area contributed by atoms with E-state index in [1.807, 2.05) is 35.0 Å². The number of imidazole rings is 1. The van der Waals surface area contributed by atoms with E-state index in [9.17, 15) is 0 Å². The summed E-state index contributed by atoms with van der Waals surface area (Å²) in [6.45, 7) is 6.16. The first-order chi connectivity index (χ1) is 10.9. The largest absolute Gasteiger partial charge is 0.339 e. The summed E-state index contributed by atoms with van der Waals surface area (Å²) in [5.74, 6) is 1.96. The number of halogens is 1. The second kappa shape index (κ2) is 6.49. The van der Waals surface area contributed by atoms with Crippen molar-refractivity contribution < 1.29 is 4.52 Å². The number of rotatable bonds is 4. The van der Waals surface area contributed by atoms with Crippen LogP contribution in [0.4, 0.5) is 0 Å². The highest BCUT2D eigenvalue weighted by molar-refractivity contribution is 9.10. The van der Waals surface area contributed by atoms with E-state index in [1.54, 1.807) is 18.0 Å². The van der Waals surface area contributed by atoms with Gasteiger partial charge in [0.25, 0.3) is 0 Å². The lowest BCUT2D eigenvalue weighted by atomic mass is 9.97. The van der Waals surface area contributed by atoms with Gasteiger partial charge in [-0.15, -0.1) is 0 Å². The summed E-state index contributed by atoms with van der Waals surface area (Å²) in [5.41, 5.74) is 0.933. The molecule has 0 amide bonds. The Labute approximate surface area is 147 Å². The Morgan fingerprint density at radius 1 is 1.22 bits per heavy atom. The molecule has 0 saturated heterocycles. The molecule has 120 valence electrons. The third-order valence-corrected chi connectivity index (χ3v) is 4.64. The van der Waals surface area contributed by atoms with E-state index in [0.29, 0.717) is 17.5 Å². The van der Waals surface area contributed by atoms with Crippen molar-refractivity contribution in [2.24, 2.45) is 0 Å². The summed E-state index contributed by atoms with van der Waals surface area (Å²) in [4.78, 5) is 8.87. The van der Waals surface area contributed by atoms with Crippen molar-refractivity contribution >= 4 is 27.7 Å². The summed E-state index contributed by atoms with van der Waals surface area (Å²) in [5, 5.41) is 4.94. The summed E-state index contributed by atoms with van der Waals surface area (Å²) >= 11 is 5.03. The average Bonchev–Trinajstić information content (AvgIpc) is 3.14. The molecule has 0 aliphatic heterocycles. The van der Waals surface area contributed by atoms with E-state index in [4.69, 9.17) is 4.52 Å². The maximum atomic E-state index is 5.32. The van der Waals surface area contributed by atoms with Gasteiger partial charge in [-0.1, -0.05) is 53.6 Å². The normalized spacial score (nSPS) is 11.8. The van der Waals surface area contributed by atoms with Crippen molar-refractivity contribution in [2.75, 3.05) is 0 Å². The third-order valence-electron chi connectivity index (χ3n) is 3.15. The summed E-state index contributed by atoms with van der Waals surface area (Å²) in [7, 11) is 0. The van der Waals surface area contributed by atoms with Gasteiger partial charge in [0.1, 0.15) is 0 Å². The highest BCUT2D eigenvalue weighted by Gasteiger charge is 2.21. The molecule has 7 heteroatoms. The molecule has 2 aromatic heterocycles. The first kappa shape index (κ1) is 16.3. The quantitative estimate of drug-likeness (QED) is 0.606. The maximum Gasteiger partial charge on any atom is 0.232 e. The molecule has 1 aromatic carbocycles. The van der Waals surface area contributed by atoms with Crippen LogP contribution in [0.2, 0.25) is 0 Å². The lowest BCUT2D eigenvalue weighted by molar-refractivity contribution is 0.319.